The molecule has 1 rings (SSSR count). The van der Waals surface area contributed by atoms with Gasteiger partial charge in [0.2, 0.25) is 11.8 Å². The molecule has 0 aromatic carbocycles. The van der Waals surface area contributed by atoms with Crippen LogP contribution in [0.15, 0.2) is 0 Å². The molecule has 0 unspecified atom stereocenters. The van der Waals surface area contributed by atoms with Gasteiger partial charge in [0.1, 0.15) is 0 Å². The third-order valence-electron chi connectivity index (χ3n) is 15.9. The number of carbonyl (C=O) groups excluding carboxylic acids is 3. The number of unbranched alkanes of at least 4 members (excludes halogenated alkanes) is 35. The quantitative estimate of drug-likeness (QED) is 0.0444. The number of carbonyl (C=O) groups is 3. The fourth-order valence-electron chi connectivity index (χ4n) is 10.8. The van der Waals surface area contributed by atoms with Crippen LogP contribution in [0.25, 0.3) is 0 Å². The Morgan fingerprint density at radius 2 is 0.548 bits per heavy atom. The van der Waals surface area contributed by atoms with Crippen molar-refractivity contribution in [2.24, 2.45) is 0 Å². The summed E-state index contributed by atoms with van der Waals surface area (Å²) in [7, 11) is 0. The Morgan fingerprint density at radius 3 is 0.877 bits per heavy atom. The van der Waals surface area contributed by atoms with Crippen LogP contribution < -0.4 is 0 Å². The number of nitrogens with zero attached hydrogens (tertiary/aromatic N) is 5. The molecule has 0 radical (unpaired) electrons. The molecule has 0 spiro atoms. The topological polar surface area (TPSA) is 76.6 Å². The zero-order valence-electron chi connectivity index (χ0n) is 50.0. The average Bonchev–Trinajstić information content (AvgIpc) is 3.40. The zero-order chi connectivity index (χ0) is 52.9. The van der Waals surface area contributed by atoms with Crippen LogP contribution in [0.2, 0.25) is 0 Å². The SMILES string of the molecule is CCCCCCCCCCCCCCN(CCCOC(=O)CCCCCCCCC)CC(=O)N1CCN(C(=O)CN(CCCCCCCCC)CCN(CCCCCCCCC)CCCCCCCCC)CC1. The van der Waals surface area contributed by atoms with Gasteiger partial charge in [0.15, 0.2) is 0 Å². The number of esters is 1. The van der Waals surface area contributed by atoms with Gasteiger partial charge in [-0.2, -0.15) is 0 Å². The van der Waals surface area contributed by atoms with Crippen molar-refractivity contribution in [2.45, 2.75) is 304 Å². The molecule has 0 aromatic heterocycles. The standard InChI is InChI=1S/C64H127N5O4/c1-6-11-16-21-26-27-28-29-30-35-40-44-50-66(52-46-59-73-64(72)47-41-36-31-22-17-12-7-2)60-62(70)68-55-57-69(58-56-68)63(71)61-67(51-45-39-34-25-20-15-10-5)54-53-65(48-42-37-32-23-18-13-8-3)49-43-38-33-24-19-14-9-4/h6-61H2,1-5H3. The lowest BCUT2D eigenvalue weighted by Crippen LogP contribution is -2.54. The second-order valence-corrected chi connectivity index (χ2v) is 22.9. The van der Waals surface area contributed by atoms with E-state index in [9.17, 15) is 14.4 Å². The van der Waals surface area contributed by atoms with E-state index in [1.54, 1.807) is 0 Å². The van der Waals surface area contributed by atoms with Crippen molar-refractivity contribution in [3.05, 3.63) is 0 Å². The molecule has 0 aliphatic carbocycles. The first-order chi connectivity index (χ1) is 35.9. The summed E-state index contributed by atoms with van der Waals surface area (Å²) in [5.74, 6) is 0.325. The summed E-state index contributed by atoms with van der Waals surface area (Å²) >= 11 is 0. The molecule has 2 amide bonds. The van der Waals surface area contributed by atoms with Crippen molar-refractivity contribution in [1.82, 2.24) is 24.5 Å². The minimum Gasteiger partial charge on any atom is -0.466 e. The summed E-state index contributed by atoms with van der Waals surface area (Å²) in [5.41, 5.74) is 0. The highest BCUT2D eigenvalue weighted by Crippen LogP contribution is 2.16. The molecule has 0 atom stereocenters. The maximum Gasteiger partial charge on any atom is 0.305 e. The van der Waals surface area contributed by atoms with Crippen LogP contribution in [-0.2, 0) is 19.1 Å². The highest BCUT2D eigenvalue weighted by molar-refractivity contribution is 5.80. The molecule has 1 heterocycles. The van der Waals surface area contributed by atoms with E-state index in [0.717, 1.165) is 64.8 Å². The number of hydrogen-bond donors (Lipinski definition) is 0. The molecule has 1 fully saturated rings. The highest BCUT2D eigenvalue weighted by atomic mass is 16.5. The van der Waals surface area contributed by atoms with Crippen molar-refractivity contribution >= 4 is 17.8 Å². The Morgan fingerprint density at radius 1 is 0.301 bits per heavy atom. The molecule has 1 aliphatic heterocycles. The van der Waals surface area contributed by atoms with E-state index in [1.807, 2.05) is 9.80 Å². The lowest BCUT2D eigenvalue weighted by Gasteiger charge is -2.37. The van der Waals surface area contributed by atoms with Gasteiger partial charge in [-0.05, 0) is 64.7 Å². The van der Waals surface area contributed by atoms with E-state index < -0.39 is 0 Å². The Labute approximate surface area is 455 Å². The first kappa shape index (κ1) is 69.3. The predicted octanol–water partition coefficient (Wildman–Crippen LogP) is 16.6. The molecule has 0 saturated carbocycles. The van der Waals surface area contributed by atoms with Gasteiger partial charge in [-0.1, -0.05) is 259 Å². The minimum atomic E-state index is -0.0786. The summed E-state index contributed by atoms with van der Waals surface area (Å²) in [6, 6.07) is 0. The van der Waals surface area contributed by atoms with Crippen molar-refractivity contribution in [3.63, 3.8) is 0 Å². The summed E-state index contributed by atoms with van der Waals surface area (Å²) in [4.78, 5) is 52.1. The molecule has 432 valence electrons. The van der Waals surface area contributed by atoms with E-state index in [4.69, 9.17) is 4.74 Å². The van der Waals surface area contributed by atoms with E-state index in [0.29, 0.717) is 52.3 Å². The predicted molar refractivity (Wildman–Crippen MR) is 316 cm³/mol. The van der Waals surface area contributed by atoms with Crippen LogP contribution in [0.3, 0.4) is 0 Å². The second kappa shape index (κ2) is 53.7. The highest BCUT2D eigenvalue weighted by Gasteiger charge is 2.26. The van der Waals surface area contributed by atoms with Crippen LogP contribution in [0.4, 0.5) is 0 Å². The van der Waals surface area contributed by atoms with Gasteiger partial charge in [-0.3, -0.25) is 24.2 Å². The van der Waals surface area contributed by atoms with Gasteiger partial charge in [-0.25, -0.2) is 0 Å². The number of hydrogen-bond acceptors (Lipinski definition) is 7. The number of amides is 2. The van der Waals surface area contributed by atoms with Crippen LogP contribution in [0, 0.1) is 0 Å². The van der Waals surface area contributed by atoms with E-state index in [1.165, 1.54) is 244 Å². The van der Waals surface area contributed by atoms with Crippen LogP contribution in [0.5, 0.6) is 0 Å². The second-order valence-electron chi connectivity index (χ2n) is 22.9. The lowest BCUT2D eigenvalue weighted by atomic mass is 10.1. The Kier molecular flexibility index (Phi) is 51.0. The molecule has 9 nitrogen and oxygen atoms in total. The van der Waals surface area contributed by atoms with Crippen LogP contribution in [-0.4, -0.2) is 134 Å². The largest absolute Gasteiger partial charge is 0.466 e. The molecular weight excluding hydrogens is 903 g/mol. The fourth-order valence-corrected chi connectivity index (χ4v) is 10.8. The average molecular weight is 1030 g/mol. The molecule has 0 bridgehead atoms. The van der Waals surface area contributed by atoms with Crippen molar-refractivity contribution in [3.8, 4) is 0 Å². The molecule has 73 heavy (non-hydrogen) atoms. The smallest absolute Gasteiger partial charge is 0.305 e. The van der Waals surface area contributed by atoms with E-state index in [-0.39, 0.29) is 17.8 Å². The summed E-state index contributed by atoms with van der Waals surface area (Å²) in [5, 5.41) is 0. The summed E-state index contributed by atoms with van der Waals surface area (Å²) in [6.07, 6.45) is 53.2. The van der Waals surface area contributed by atoms with Crippen LogP contribution in [0.1, 0.15) is 304 Å². The molecule has 1 saturated heterocycles. The minimum absolute atomic E-state index is 0.0786. The van der Waals surface area contributed by atoms with Crippen molar-refractivity contribution in [1.29, 1.82) is 0 Å². The first-order valence-electron chi connectivity index (χ1n) is 32.8. The number of rotatable bonds is 56. The molecular formula is C64H127N5O4. The van der Waals surface area contributed by atoms with E-state index in [2.05, 4.69) is 49.3 Å². The monoisotopic (exact) mass is 1030 g/mol. The first-order valence-corrected chi connectivity index (χ1v) is 32.8. The van der Waals surface area contributed by atoms with Gasteiger partial charge in [0.25, 0.3) is 0 Å². The third kappa shape index (κ3) is 44.0. The Bertz CT molecular complexity index is 1180. The molecule has 1 aliphatic rings. The summed E-state index contributed by atoms with van der Waals surface area (Å²) < 4.78 is 5.67. The van der Waals surface area contributed by atoms with Gasteiger partial charge >= 0.3 is 5.97 Å². The summed E-state index contributed by atoms with van der Waals surface area (Å²) in [6.45, 7) is 22.2. The van der Waals surface area contributed by atoms with Gasteiger partial charge in [-0.15, -0.1) is 0 Å². The van der Waals surface area contributed by atoms with Gasteiger partial charge < -0.3 is 19.4 Å². The van der Waals surface area contributed by atoms with Crippen molar-refractivity contribution < 1.29 is 19.1 Å². The van der Waals surface area contributed by atoms with Gasteiger partial charge in [0, 0.05) is 52.2 Å². The lowest BCUT2D eigenvalue weighted by molar-refractivity contribution is -0.144. The van der Waals surface area contributed by atoms with Crippen LogP contribution >= 0.6 is 0 Å². The number of ether oxygens (including phenoxy) is 1. The molecule has 0 aromatic rings. The normalized spacial score (nSPS) is 13.1. The third-order valence-corrected chi connectivity index (χ3v) is 15.9. The maximum absolute atomic E-state index is 14.1. The van der Waals surface area contributed by atoms with Gasteiger partial charge in [0.05, 0.1) is 19.7 Å². The Balaban J connectivity index is 2.79. The van der Waals surface area contributed by atoms with E-state index >= 15 is 0 Å². The number of piperazine rings is 1. The zero-order valence-corrected chi connectivity index (χ0v) is 50.0. The maximum atomic E-state index is 14.1. The fraction of sp³-hybridized carbons (Fsp3) is 0.953. The molecule has 9 heteroatoms. The van der Waals surface area contributed by atoms with Crippen molar-refractivity contribution in [2.75, 3.05) is 91.7 Å². The Hall–Kier alpha value is -1.71. The molecule has 0 N–H and O–H groups in total.